The minimum Gasteiger partial charge on any atom is -0.854 e. The Morgan fingerprint density at radius 2 is 1.75 bits per heavy atom. The Labute approximate surface area is 48.6 Å². The molecule has 0 saturated carbocycles. The average Bonchev–Trinajstić information content (AvgIpc) is 1.87. The van der Waals surface area contributed by atoms with Gasteiger partial charge in [-0.25, -0.2) is 0 Å². The van der Waals surface area contributed by atoms with Crippen LogP contribution in [0.4, 0.5) is 0 Å². The highest BCUT2D eigenvalue weighted by molar-refractivity contribution is 4.68. The Morgan fingerprint density at radius 3 is 1.75 bits per heavy atom. The summed E-state index contributed by atoms with van der Waals surface area (Å²) in [6.07, 6.45) is 0. The van der Waals surface area contributed by atoms with Gasteiger partial charge in [0.25, 0.3) is 0 Å². The number of aliphatic hydroxyl groups excluding tert-OH is 2. The summed E-state index contributed by atoms with van der Waals surface area (Å²) in [7, 11) is 0. The summed E-state index contributed by atoms with van der Waals surface area (Å²) in [5, 5.41) is 26.9. The van der Waals surface area contributed by atoms with Gasteiger partial charge in [-0.2, -0.15) is 0 Å². The van der Waals surface area contributed by atoms with Crippen LogP contribution in [0.15, 0.2) is 0 Å². The van der Waals surface area contributed by atoms with Crippen molar-refractivity contribution in [2.75, 3.05) is 19.8 Å². The lowest BCUT2D eigenvalue weighted by molar-refractivity contribution is -0.395. The second-order valence-electron chi connectivity index (χ2n) is 2.27. The number of aliphatic hydroxyl groups is 2. The maximum Gasteiger partial charge on any atom is 0.0493 e. The van der Waals surface area contributed by atoms with Crippen molar-refractivity contribution < 1.29 is 15.3 Å². The zero-order valence-corrected chi connectivity index (χ0v) is 4.92. The molecule has 0 aromatic carbocycles. The molecule has 0 spiro atoms. The van der Waals surface area contributed by atoms with Gasteiger partial charge in [-0.1, -0.05) is 6.92 Å². The molecule has 8 heavy (non-hydrogen) atoms. The van der Waals surface area contributed by atoms with Crippen molar-refractivity contribution in [2.24, 2.45) is 5.41 Å². The monoisotopic (exact) mass is 119 g/mol. The molecule has 0 aromatic rings. The van der Waals surface area contributed by atoms with Crippen molar-refractivity contribution in [3.63, 3.8) is 0 Å². The van der Waals surface area contributed by atoms with Gasteiger partial charge >= 0.3 is 0 Å². The quantitative estimate of drug-likeness (QED) is 0.467. The molecule has 0 radical (unpaired) electrons. The fourth-order valence-corrected chi connectivity index (χ4v) is 0.141. The normalized spacial score (nSPS) is 12.0. The number of rotatable bonds is 3. The minimum atomic E-state index is -0.819. The molecule has 0 bridgehead atoms. The highest BCUT2D eigenvalue weighted by Crippen LogP contribution is 2.09. The maximum atomic E-state index is 10.1. The SMILES string of the molecule is CC(C[O-])(CO)CO. The first-order valence-electron chi connectivity index (χ1n) is 2.48. The first kappa shape index (κ1) is 7.88. The molecule has 0 aromatic heterocycles. The van der Waals surface area contributed by atoms with Gasteiger partial charge in [0.05, 0.1) is 0 Å². The van der Waals surface area contributed by atoms with Crippen molar-refractivity contribution in [3.8, 4) is 0 Å². The summed E-state index contributed by atoms with van der Waals surface area (Å²) in [5.41, 5.74) is -0.819. The van der Waals surface area contributed by atoms with Crippen LogP contribution in [0.25, 0.3) is 0 Å². The van der Waals surface area contributed by atoms with E-state index in [4.69, 9.17) is 10.2 Å². The van der Waals surface area contributed by atoms with Crippen molar-refractivity contribution in [1.82, 2.24) is 0 Å². The van der Waals surface area contributed by atoms with E-state index in [1.807, 2.05) is 0 Å². The lowest BCUT2D eigenvalue weighted by atomic mass is 9.95. The molecule has 0 aliphatic carbocycles. The van der Waals surface area contributed by atoms with E-state index in [1.54, 1.807) is 6.92 Å². The van der Waals surface area contributed by atoms with Crippen LogP contribution in [0.3, 0.4) is 0 Å². The minimum absolute atomic E-state index is 0.243. The standard InChI is InChI=1S/C5H11O3/c1-5(2-6,3-7)4-8/h6-7H,2-4H2,1H3/q-1. The molecular weight excluding hydrogens is 108 g/mol. The number of hydrogen-bond acceptors (Lipinski definition) is 3. The van der Waals surface area contributed by atoms with Crippen molar-refractivity contribution in [3.05, 3.63) is 0 Å². The van der Waals surface area contributed by atoms with Crippen molar-refractivity contribution >= 4 is 0 Å². The van der Waals surface area contributed by atoms with Gasteiger partial charge in [0, 0.05) is 13.2 Å². The fraction of sp³-hybridized carbons (Fsp3) is 1.00. The Hall–Kier alpha value is -0.120. The predicted molar refractivity (Wildman–Crippen MR) is 27.1 cm³/mol. The Kier molecular flexibility index (Phi) is 2.97. The van der Waals surface area contributed by atoms with Gasteiger partial charge in [-0.15, -0.1) is 6.61 Å². The summed E-state index contributed by atoms with van der Waals surface area (Å²) in [5.74, 6) is 0. The van der Waals surface area contributed by atoms with Crippen LogP contribution in [0.1, 0.15) is 6.92 Å². The summed E-state index contributed by atoms with van der Waals surface area (Å²) in [6, 6.07) is 0. The Morgan fingerprint density at radius 1 is 1.38 bits per heavy atom. The molecule has 0 atom stereocenters. The van der Waals surface area contributed by atoms with E-state index in [-0.39, 0.29) is 13.2 Å². The third-order valence-electron chi connectivity index (χ3n) is 1.11. The molecule has 0 saturated heterocycles. The zero-order valence-electron chi connectivity index (χ0n) is 4.92. The van der Waals surface area contributed by atoms with E-state index in [9.17, 15) is 5.11 Å². The van der Waals surface area contributed by atoms with E-state index >= 15 is 0 Å². The lowest BCUT2D eigenvalue weighted by Gasteiger charge is -2.27. The van der Waals surface area contributed by atoms with Crippen LogP contribution in [-0.2, 0) is 0 Å². The third-order valence-corrected chi connectivity index (χ3v) is 1.11. The van der Waals surface area contributed by atoms with Gasteiger partial charge < -0.3 is 15.3 Å². The van der Waals surface area contributed by atoms with Gasteiger partial charge in [-0.05, 0) is 5.41 Å². The van der Waals surface area contributed by atoms with Gasteiger partial charge in [0.1, 0.15) is 0 Å². The topological polar surface area (TPSA) is 63.5 Å². The molecule has 50 valence electrons. The summed E-state index contributed by atoms with van der Waals surface area (Å²) in [4.78, 5) is 0. The largest absolute Gasteiger partial charge is 0.854 e. The second kappa shape index (κ2) is 3.02. The number of hydrogen-bond donors (Lipinski definition) is 2. The van der Waals surface area contributed by atoms with Crippen LogP contribution in [0.2, 0.25) is 0 Å². The molecule has 2 N–H and O–H groups in total. The van der Waals surface area contributed by atoms with Crippen LogP contribution >= 0.6 is 0 Å². The second-order valence-corrected chi connectivity index (χ2v) is 2.27. The molecule has 0 fully saturated rings. The van der Waals surface area contributed by atoms with Crippen LogP contribution in [-0.4, -0.2) is 30.0 Å². The smallest absolute Gasteiger partial charge is 0.0493 e. The zero-order chi connectivity index (χ0) is 6.62. The van der Waals surface area contributed by atoms with Crippen molar-refractivity contribution in [2.45, 2.75) is 6.92 Å². The predicted octanol–water partition coefficient (Wildman–Crippen LogP) is -1.66. The Balaban J connectivity index is 3.58. The molecule has 3 nitrogen and oxygen atoms in total. The fourth-order valence-electron chi connectivity index (χ4n) is 0.141. The molecule has 0 aliphatic rings. The highest BCUT2D eigenvalue weighted by atomic mass is 16.3. The van der Waals surface area contributed by atoms with E-state index < -0.39 is 12.0 Å². The first-order valence-corrected chi connectivity index (χ1v) is 2.48. The van der Waals surface area contributed by atoms with Crippen molar-refractivity contribution in [1.29, 1.82) is 0 Å². The van der Waals surface area contributed by atoms with Gasteiger partial charge in [-0.3, -0.25) is 0 Å². The van der Waals surface area contributed by atoms with Gasteiger partial charge in [0.2, 0.25) is 0 Å². The highest BCUT2D eigenvalue weighted by Gasteiger charge is 2.15. The summed E-state index contributed by atoms with van der Waals surface area (Å²) < 4.78 is 0. The van der Waals surface area contributed by atoms with Gasteiger partial charge in [0.15, 0.2) is 0 Å². The first-order chi connectivity index (χ1) is 3.68. The lowest BCUT2D eigenvalue weighted by Crippen LogP contribution is -2.36. The maximum absolute atomic E-state index is 10.1. The molecule has 0 amide bonds. The third kappa shape index (κ3) is 1.78. The van der Waals surface area contributed by atoms with E-state index in [1.165, 1.54) is 0 Å². The molecule has 0 rings (SSSR count). The van der Waals surface area contributed by atoms with E-state index in [0.29, 0.717) is 0 Å². The summed E-state index contributed by atoms with van der Waals surface area (Å²) >= 11 is 0. The Bertz CT molecular complexity index is 50.4. The van der Waals surface area contributed by atoms with Crippen LogP contribution in [0, 0.1) is 5.41 Å². The van der Waals surface area contributed by atoms with E-state index in [0.717, 1.165) is 0 Å². The van der Waals surface area contributed by atoms with E-state index in [2.05, 4.69) is 0 Å². The summed E-state index contributed by atoms with van der Waals surface area (Å²) in [6.45, 7) is 0.625. The molecule has 0 aliphatic heterocycles. The average molecular weight is 119 g/mol. The van der Waals surface area contributed by atoms with Crippen LogP contribution in [0.5, 0.6) is 0 Å². The molecule has 0 heterocycles. The molecule has 0 unspecified atom stereocenters. The van der Waals surface area contributed by atoms with Crippen LogP contribution < -0.4 is 5.11 Å². The molecule has 3 heteroatoms. The molecular formula is C5H11O3-.